The Balaban J connectivity index is 1.76. The zero-order chi connectivity index (χ0) is 15.8. The largest absolute Gasteiger partial charge is 0.357 e. The highest BCUT2D eigenvalue weighted by molar-refractivity contribution is 5.81. The minimum Gasteiger partial charge on any atom is -0.357 e. The van der Waals surface area contributed by atoms with Crippen LogP contribution in [0.4, 0.5) is 0 Å². The van der Waals surface area contributed by atoms with Gasteiger partial charge in [0.15, 0.2) is 5.96 Å². The number of guanidine groups is 1. The Labute approximate surface area is 131 Å². The monoisotopic (exact) mass is 303 g/mol. The van der Waals surface area contributed by atoms with Crippen molar-refractivity contribution < 1.29 is 4.79 Å². The summed E-state index contributed by atoms with van der Waals surface area (Å²) in [6.07, 6.45) is 3.85. The van der Waals surface area contributed by atoms with Crippen molar-refractivity contribution in [1.29, 1.82) is 0 Å². The fraction of sp³-hybridized carbons (Fsp3) is 0.562. The molecule has 1 heterocycles. The van der Waals surface area contributed by atoms with E-state index in [0.717, 1.165) is 36.6 Å². The number of pyridine rings is 1. The third-order valence-electron chi connectivity index (χ3n) is 3.51. The molecule has 1 aromatic heterocycles. The average molecular weight is 303 g/mol. The molecule has 6 heteroatoms. The van der Waals surface area contributed by atoms with E-state index in [1.54, 1.807) is 6.20 Å². The summed E-state index contributed by atoms with van der Waals surface area (Å²) in [6, 6.07) is 3.96. The number of nitrogens with zero attached hydrogens (tertiary/aromatic N) is 2. The van der Waals surface area contributed by atoms with Gasteiger partial charge in [0.25, 0.3) is 0 Å². The molecule has 1 fully saturated rings. The molecule has 22 heavy (non-hydrogen) atoms. The van der Waals surface area contributed by atoms with Crippen LogP contribution in [-0.4, -0.2) is 36.5 Å². The molecule has 0 bridgehead atoms. The van der Waals surface area contributed by atoms with Gasteiger partial charge in [-0.2, -0.15) is 0 Å². The summed E-state index contributed by atoms with van der Waals surface area (Å²) < 4.78 is 0. The number of aryl methyl sites for hydroxylation is 1. The molecule has 0 saturated heterocycles. The van der Waals surface area contributed by atoms with Crippen molar-refractivity contribution in [2.45, 2.75) is 33.2 Å². The number of rotatable bonds is 7. The quantitative estimate of drug-likeness (QED) is 0.398. The van der Waals surface area contributed by atoms with Gasteiger partial charge in [-0.25, -0.2) is 4.99 Å². The van der Waals surface area contributed by atoms with Crippen molar-refractivity contribution in [1.82, 2.24) is 20.9 Å². The Morgan fingerprint density at radius 2 is 2.09 bits per heavy atom. The number of carbonyl (C=O) groups excluding carboxylic acids is 1. The van der Waals surface area contributed by atoms with Crippen molar-refractivity contribution in [2.75, 3.05) is 19.6 Å². The van der Waals surface area contributed by atoms with E-state index >= 15 is 0 Å². The number of aliphatic imine (C=N–C) groups is 1. The smallest absolute Gasteiger partial charge is 0.223 e. The number of aromatic nitrogens is 1. The Bertz CT molecular complexity index is 525. The standard InChI is InChI=1S/C16H25N5O/c1-3-17-16(20-10-9-19-15(22)13-6-7-13)21-11-14-12(2)5-4-8-18-14/h4-5,8,13H,3,6-7,9-11H2,1-2H3,(H,19,22)(H2,17,20,21). The van der Waals surface area contributed by atoms with E-state index in [2.05, 4.69) is 25.9 Å². The SMILES string of the molecule is CCNC(=NCc1ncccc1C)NCCNC(=O)C1CC1. The van der Waals surface area contributed by atoms with Crippen molar-refractivity contribution in [2.24, 2.45) is 10.9 Å². The third kappa shape index (κ3) is 5.35. The average Bonchev–Trinajstić information content (AvgIpc) is 3.35. The highest BCUT2D eigenvalue weighted by Gasteiger charge is 2.28. The van der Waals surface area contributed by atoms with Gasteiger partial charge in [-0.05, 0) is 38.3 Å². The van der Waals surface area contributed by atoms with Gasteiger partial charge in [0, 0.05) is 31.7 Å². The summed E-state index contributed by atoms with van der Waals surface area (Å²) in [6.45, 7) is 6.66. The third-order valence-corrected chi connectivity index (χ3v) is 3.51. The molecule has 1 aliphatic rings. The molecule has 0 spiro atoms. The van der Waals surface area contributed by atoms with E-state index in [4.69, 9.17) is 0 Å². The molecular formula is C16H25N5O. The Morgan fingerprint density at radius 3 is 2.77 bits per heavy atom. The highest BCUT2D eigenvalue weighted by Crippen LogP contribution is 2.28. The molecule has 1 aliphatic carbocycles. The fourth-order valence-electron chi connectivity index (χ4n) is 2.04. The van der Waals surface area contributed by atoms with Crippen LogP contribution in [0.3, 0.4) is 0 Å². The van der Waals surface area contributed by atoms with Gasteiger partial charge in [-0.1, -0.05) is 6.07 Å². The Kier molecular flexibility index (Phi) is 6.18. The van der Waals surface area contributed by atoms with Crippen LogP contribution < -0.4 is 16.0 Å². The molecule has 0 aliphatic heterocycles. The predicted molar refractivity (Wildman–Crippen MR) is 87.5 cm³/mol. The molecule has 120 valence electrons. The highest BCUT2D eigenvalue weighted by atomic mass is 16.2. The van der Waals surface area contributed by atoms with Crippen LogP contribution in [-0.2, 0) is 11.3 Å². The summed E-state index contributed by atoms with van der Waals surface area (Å²) in [5.74, 6) is 1.18. The number of carbonyl (C=O) groups is 1. The Hall–Kier alpha value is -2.11. The first kappa shape index (κ1) is 16.3. The first-order valence-corrected chi connectivity index (χ1v) is 7.91. The van der Waals surface area contributed by atoms with Crippen molar-refractivity contribution in [3.8, 4) is 0 Å². The lowest BCUT2D eigenvalue weighted by molar-refractivity contribution is -0.122. The molecule has 3 N–H and O–H groups in total. The molecular weight excluding hydrogens is 278 g/mol. The molecule has 2 rings (SSSR count). The summed E-state index contributed by atoms with van der Waals surface area (Å²) in [5, 5.41) is 9.34. The van der Waals surface area contributed by atoms with Crippen LogP contribution in [0, 0.1) is 12.8 Å². The van der Waals surface area contributed by atoms with Gasteiger partial charge < -0.3 is 16.0 Å². The number of hydrogen-bond donors (Lipinski definition) is 3. The summed E-state index contributed by atoms with van der Waals surface area (Å²) in [4.78, 5) is 20.4. The van der Waals surface area contributed by atoms with Crippen LogP contribution >= 0.6 is 0 Å². The predicted octanol–water partition coefficient (Wildman–Crippen LogP) is 0.971. The maximum Gasteiger partial charge on any atom is 0.223 e. The zero-order valence-electron chi connectivity index (χ0n) is 13.4. The first-order chi connectivity index (χ1) is 10.7. The second-order valence-electron chi connectivity index (χ2n) is 5.45. The first-order valence-electron chi connectivity index (χ1n) is 7.91. The van der Waals surface area contributed by atoms with E-state index in [1.807, 2.05) is 26.0 Å². The maximum atomic E-state index is 11.5. The van der Waals surface area contributed by atoms with Gasteiger partial charge in [-0.15, -0.1) is 0 Å². The van der Waals surface area contributed by atoms with Crippen LogP contribution in [0.2, 0.25) is 0 Å². The van der Waals surface area contributed by atoms with Gasteiger partial charge in [0.2, 0.25) is 5.91 Å². The number of nitrogens with one attached hydrogen (secondary N) is 3. The van der Waals surface area contributed by atoms with Crippen LogP contribution in [0.25, 0.3) is 0 Å². The van der Waals surface area contributed by atoms with Gasteiger partial charge in [0.1, 0.15) is 0 Å². The topological polar surface area (TPSA) is 78.4 Å². The van der Waals surface area contributed by atoms with E-state index in [0.29, 0.717) is 19.6 Å². The van der Waals surface area contributed by atoms with Crippen LogP contribution in [0.1, 0.15) is 31.0 Å². The molecule has 0 aromatic carbocycles. The second-order valence-corrected chi connectivity index (χ2v) is 5.45. The summed E-state index contributed by atoms with van der Waals surface area (Å²) >= 11 is 0. The lowest BCUT2D eigenvalue weighted by atomic mass is 10.2. The minimum absolute atomic E-state index is 0.174. The van der Waals surface area contributed by atoms with Gasteiger partial charge in [0.05, 0.1) is 12.2 Å². The fourth-order valence-corrected chi connectivity index (χ4v) is 2.04. The molecule has 1 amide bonds. The van der Waals surface area contributed by atoms with Gasteiger partial charge in [-0.3, -0.25) is 9.78 Å². The maximum absolute atomic E-state index is 11.5. The second kappa shape index (κ2) is 8.36. The zero-order valence-corrected chi connectivity index (χ0v) is 13.4. The summed E-state index contributed by atoms with van der Waals surface area (Å²) in [7, 11) is 0. The lowest BCUT2D eigenvalue weighted by Crippen LogP contribution is -2.41. The molecule has 0 unspecified atom stereocenters. The van der Waals surface area contributed by atoms with Crippen molar-refractivity contribution in [3.05, 3.63) is 29.6 Å². The normalized spacial score (nSPS) is 14.5. The van der Waals surface area contributed by atoms with E-state index in [-0.39, 0.29) is 11.8 Å². The molecule has 6 nitrogen and oxygen atoms in total. The molecule has 0 atom stereocenters. The van der Waals surface area contributed by atoms with Crippen LogP contribution in [0.5, 0.6) is 0 Å². The number of amides is 1. The van der Waals surface area contributed by atoms with Gasteiger partial charge >= 0.3 is 0 Å². The van der Waals surface area contributed by atoms with Crippen molar-refractivity contribution >= 4 is 11.9 Å². The van der Waals surface area contributed by atoms with Crippen LogP contribution in [0.15, 0.2) is 23.3 Å². The molecule has 1 saturated carbocycles. The Morgan fingerprint density at radius 1 is 1.32 bits per heavy atom. The molecule has 1 aromatic rings. The molecule has 0 radical (unpaired) electrons. The van der Waals surface area contributed by atoms with E-state index < -0.39 is 0 Å². The number of hydrogen-bond acceptors (Lipinski definition) is 3. The van der Waals surface area contributed by atoms with E-state index in [1.165, 1.54) is 0 Å². The van der Waals surface area contributed by atoms with Crippen molar-refractivity contribution in [3.63, 3.8) is 0 Å². The summed E-state index contributed by atoms with van der Waals surface area (Å²) in [5.41, 5.74) is 2.11. The van der Waals surface area contributed by atoms with E-state index in [9.17, 15) is 4.79 Å². The minimum atomic E-state index is 0.174. The lowest BCUT2D eigenvalue weighted by Gasteiger charge is -2.12.